The summed E-state index contributed by atoms with van der Waals surface area (Å²) in [5.41, 5.74) is 13.8. The Kier molecular flexibility index (Phi) is 2.40. The van der Waals surface area contributed by atoms with Crippen LogP contribution < -0.4 is 0 Å². The van der Waals surface area contributed by atoms with E-state index in [4.69, 9.17) is 0 Å². The molecule has 0 nitrogen and oxygen atoms in total. The molecule has 0 heterocycles. The van der Waals surface area contributed by atoms with Crippen LogP contribution in [0, 0.1) is 0 Å². The Morgan fingerprint density at radius 1 is 0.182 bits per heavy atom. The first-order valence-electron chi connectivity index (χ1n) is 29.5. The minimum atomic E-state index is -0.186. The van der Waals surface area contributed by atoms with E-state index < -0.39 is 0 Å². The van der Waals surface area contributed by atoms with E-state index in [0.717, 1.165) is 0 Å². The Hall–Kier alpha value is -8.84. The van der Waals surface area contributed by atoms with Gasteiger partial charge in [0.25, 0.3) is 0 Å². The van der Waals surface area contributed by atoms with Crippen molar-refractivity contribution in [1.82, 2.24) is 0 Å². The van der Waals surface area contributed by atoms with Crippen molar-refractivity contribution in [2.45, 2.75) is 51.8 Å². The maximum atomic E-state index is 2.71. The molecule has 9 aliphatic carbocycles. The van der Waals surface area contributed by atoms with Gasteiger partial charge in [-0.1, -0.05) is 67.1 Å². The molecule has 0 heteroatoms. The van der Waals surface area contributed by atoms with Crippen molar-refractivity contribution in [3.63, 3.8) is 0 Å². The van der Waals surface area contributed by atoms with Crippen LogP contribution in [0.1, 0.15) is 63.8 Å². The van der Waals surface area contributed by atoms with Gasteiger partial charge >= 0.3 is 0 Å². The van der Waals surface area contributed by atoms with Crippen molar-refractivity contribution < 1.29 is 0 Å². The van der Waals surface area contributed by atoms with Gasteiger partial charge in [-0.2, -0.15) is 0 Å². The van der Waals surface area contributed by atoms with Gasteiger partial charge in [0.1, 0.15) is 0 Å². The number of hydrogen-bond acceptors (Lipinski definition) is 0. The van der Waals surface area contributed by atoms with Crippen LogP contribution in [0.25, 0.3) is 269 Å². The third-order valence-electron chi connectivity index (χ3n) is 30.3. The van der Waals surface area contributed by atoms with Gasteiger partial charge in [-0.05, 0) is 327 Å². The van der Waals surface area contributed by atoms with E-state index in [0.29, 0.717) is 0 Å². The predicted molar refractivity (Wildman–Crippen MR) is 319 cm³/mol. The number of hydrogen-bond donors (Lipinski definition) is 0. The molecule has 0 bridgehead atoms. The molecular weight excluding hydrogens is 925 g/mol. The number of rotatable bonds is 2. The van der Waals surface area contributed by atoms with Crippen molar-refractivity contribution in [3.05, 3.63) is 105 Å². The Labute approximate surface area is 423 Å². The summed E-state index contributed by atoms with van der Waals surface area (Å²) in [5.74, 6) is 0. The van der Waals surface area contributed by atoms with Crippen LogP contribution in [0.3, 0.4) is 0 Å². The standard InChI is InChI=1S/C77H16/c1-3-8-14(9-4-1)72-12-7-13-73(15-10-5-2-6-11-15)75-67-58-51-43-34-26-19-17-16-18-20-21(19)28-32(26)45(51)53-47-36(28)35-27(20)31-25(18)33-29-22(16)24-23(17)30(34)39-41-37(24)40-38(29)48-42(33)50-44(31)52-46(35)56(47)65-68-61(52)57(50)66-59(48)63-54(40)55(41)64(60(67)49(39)43)71(75)70(63)74(66,72)76(68,72)77(73,75)69(65)62(53)58/h1-6,8-11H,7,12-13H2. The molecule has 0 N–H and O–H groups in total. The highest BCUT2D eigenvalue weighted by molar-refractivity contribution is 6.81. The quantitative estimate of drug-likeness (QED) is 0.152. The Morgan fingerprint density at radius 2 is 0.377 bits per heavy atom. The first-order chi connectivity index (χ1) is 38.4. The lowest BCUT2D eigenvalue weighted by atomic mass is 9.58. The minimum Gasteiger partial charge on any atom is -0.0622 e. The molecule has 9 aliphatic rings. The van der Waals surface area contributed by atoms with Crippen molar-refractivity contribution in [3.8, 4) is 0 Å². The Bertz CT molecular complexity index is 7570. The Balaban J connectivity index is 1.12. The summed E-state index contributed by atoms with van der Waals surface area (Å²) in [6.45, 7) is 0. The summed E-state index contributed by atoms with van der Waals surface area (Å²) in [4.78, 5) is 0. The van der Waals surface area contributed by atoms with Gasteiger partial charge in [-0.3, -0.25) is 0 Å². The van der Waals surface area contributed by atoms with Crippen LogP contribution in [0.15, 0.2) is 60.7 Å². The molecular formula is C77H16. The van der Waals surface area contributed by atoms with E-state index in [2.05, 4.69) is 60.7 Å². The van der Waals surface area contributed by atoms with Gasteiger partial charge in [-0.15, -0.1) is 0 Å². The van der Waals surface area contributed by atoms with Gasteiger partial charge in [0.05, 0.1) is 0 Å². The highest BCUT2D eigenvalue weighted by Gasteiger charge is 3.12. The molecule has 28 aromatic rings. The van der Waals surface area contributed by atoms with E-state index in [1.54, 1.807) is 280 Å². The van der Waals surface area contributed by atoms with Crippen LogP contribution in [-0.4, -0.2) is 0 Å². The molecule has 6 atom stereocenters. The topological polar surface area (TPSA) is 0 Å². The fourth-order valence-corrected chi connectivity index (χ4v) is 31.2. The van der Waals surface area contributed by atoms with Gasteiger partial charge in [0, 0.05) is 32.5 Å². The SMILES string of the molecule is c1ccc(C23CCCC4(c5ccccc5)C56c7c8c9c%10c%11c%12c%13c%14c%15c(c%16c%17c5c5c7c7c9c9c%18c%10c%10c%12c%12c%13c%13c%15c%15c%16c%16c%17c%17c5c5c7c9c7c9c%18c%10c%10c%12c%12c%13c%15c%13c%16c%15c%17c5c7c5c%15c%13c%12c%10c95)C46C%142C8%113)cc1. The minimum absolute atomic E-state index is 0.108. The van der Waals surface area contributed by atoms with Gasteiger partial charge in [0.2, 0.25) is 0 Å². The van der Waals surface area contributed by atoms with Gasteiger partial charge in [-0.25, -0.2) is 0 Å². The lowest BCUT2D eigenvalue weighted by Gasteiger charge is -2.42. The second kappa shape index (κ2) is 6.41. The first-order valence-corrected chi connectivity index (χ1v) is 29.5. The summed E-state index contributed by atoms with van der Waals surface area (Å²) in [6.07, 6.45) is 3.77. The summed E-state index contributed by atoms with van der Waals surface area (Å²) >= 11 is 0. The second-order valence-corrected chi connectivity index (χ2v) is 29.4. The molecule has 324 valence electrons. The predicted octanol–water partition coefficient (Wildman–Crippen LogP) is 19.3. The highest BCUT2D eigenvalue weighted by atomic mass is 15.1. The fraction of sp³-hybridized carbons (Fsp3) is 0.117. The van der Waals surface area contributed by atoms with Crippen molar-refractivity contribution in [2.24, 2.45) is 0 Å². The smallest absolute Gasteiger partial charge is 0.0446 e. The maximum absolute atomic E-state index is 2.71. The van der Waals surface area contributed by atoms with Crippen LogP contribution in [0.5, 0.6) is 0 Å². The molecule has 3 fully saturated rings. The summed E-state index contributed by atoms with van der Waals surface area (Å²) in [6, 6.07) is 25.5. The normalized spacial score (nSPS) is 30.5. The van der Waals surface area contributed by atoms with E-state index in [1.165, 1.54) is 19.3 Å². The summed E-state index contributed by atoms with van der Waals surface area (Å²) < 4.78 is 0. The van der Waals surface area contributed by atoms with Crippen molar-refractivity contribution >= 4 is 269 Å². The zero-order valence-corrected chi connectivity index (χ0v) is 39.9. The molecule has 0 radical (unpaired) electrons. The molecule has 0 aliphatic heterocycles. The fourth-order valence-electron chi connectivity index (χ4n) is 31.2. The average molecular weight is 941 g/mol. The maximum Gasteiger partial charge on any atom is 0.0446 e. The molecule has 0 amide bonds. The zero-order chi connectivity index (χ0) is 45.7. The van der Waals surface area contributed by atoms with Crippen LogP contribution >= 0.6 is 0 Å². The molecule has 6 unspecified atom stereocenters. The van der Waals surface area contributed by atoms with Gasteiger partial charge in [0.15, 0.2) is 0 Å². The molecule has 0 saturated heterocycles. The average Bonchev–Trinajstić information content (AvgIpc) is 1.34. The van der Waals surface area contributed by atoms with E-state index in [-0.39, 0.29) is 32.5 Å². The summed E-state index contributed by atoms with van der Waals surface area (Å²) in [7, 11) is 0. The van der Waals surface area contributed by atoms with E-state index in [9.17, 15) is 0 Å². The summed E-state index contributed by atoms with van der Waals surface area (Å²) in [5, 5.41) is 85.7. The van der Waals surface area contributed by atoms with Gasteiger partial charge < -0.3 is 0 Å². The monoisotopic (exact) mass is 940 g/mol. The first kappa shape index (κ1) is 28.9. The van der Waals surface area contributed by atoms with Crippen molar-refractivity contribution in [2.75, 3.05) is 0 Å². The Morgan fingerprint density at radius 3 is 0.623 bits per heavy atom. The third kappa shape index (κ3) is 1.43. The molecule has 77 heavy (non-hydrogen) atoms. The van der Waals surface area contributed by atoms with Crippen molar-refractivity contribution in [1.29, 1.82) is 0 Å². The largest absolute Gasteiger partial charge is 0.0622 e. The van der Waals surface area contributed by atoms with Crippen LogP contribution in [-0.2, 0) is 32.5 Å². The van der Waals surface area contributed by atoms with E-state index >= 15 is 0 Å². The third-order valence-corrected chi connectivity index (χ3v) is 30.3. The molecule has 28 aromatic carbocycles. The second-order valence-electron chi connectivity index (χ2n) is 29.4. The molecule has 4 spiro atoms. The highest BCUT2D eigenvalue weighted by Crippen LogP contribution is 3.11. The lowest BCUT2D eigenvalue weighted by Crippen LogP contribution is -2.44. The molecule has 0 aromatic heterocycles. The van der Waals surface area contributed by atoms with Crippen LogP contribution in [0.4, 0.5) is 0 Å². The molecule has 3 saturated carbocycles. The van der Waals surface area contributed by atoms with Crippen LogP contribution in [0.2, 0.25) is 0 Å². The van der Waals surface area contributed by atoms with E-state index in [1.807, 2.05) is 33.4 Å². The lowest BCUT2D eigenvalue weighted by molar-refractivity contribution is 0.384. The zero-order valence-electron chi connectivity index (χ0n) is 39.9. The molecule has 37 rings (SSSR count). The number of benzene rings is 19.